The van der Waals surface area contributed by atoms with Gasteiger partial charge < -0.3 is 24.9 Å². The zero-order chi connectivity index (χ0) is 26.9. The average molecular weight is 606 g/mol. The van der Waals surface area contributed by atoms with Crippen molar-refractivity contribution in [1.82, 2.24) is 24.6 Å². The van der Waals surface area contributed by atoms with E-state index in [1.807, 2.05) is 16.7 Å². The predicted molar refractivity (Wildman–Crippen MR) is 146 cm³/mol. The molecule has 202 valence electrons. The van der Waals surface area contributed by atoms with E-state index in [4.69, 9.17) is 19.5 Å². The van der Waals surface area contributed by atoms with E-state index in [0.717, 1.165) is 17.3 Å². The molecule has 38 heavy (non-hydrogen) atoms. The molecule has 0 saturated heterocycles. The standard InChI is InChI=1S/C24H29BrN7O5P/c1-14(23(33)35-2)31-38(34,37-19-9-4-16(25)5-10-19)36-12-15-3-8-18(11-15)32-13-27-20-21(28-17-6-7-17)29-24(26)30-22(20)32/h3-5,8-10,13-15,17-18H,6-7,11-12H2,1-2H3,(H,31,34)(H3,26,28,29,30)/t14-,15+,18-,38?/m0/s1. The van der Waals surface area contributed by atoms with Crippen LogP contribution in [-0.4, -0.2) is 51.3 Å². The molecule has 0 amide bonds. The molecule has 0 bridgehead atoms. The number of nitrogens with one attached hydrogen (secondary N) is 2. The summed E-state index contributed by atoms with van der Waals surface area (Å²) < 4.78 is 32.7. The lowest BCUT2D eigenvalue weighted by atomic mass is 10.1. The first-order chi connectivity index (χ1) is 18.2. The number of benzene rings is 1. The van der Waals surface area contributed by atoms with Crippen LogP contribution in [0.4, 0.5) is 11.8 Å². The SMILES string of the molecule is COC(=O)[C@H](C)NP(=O)(OC[C@@H]1C=C[C@H](n2cnc3c(NC4CC4)nc(N)nc32)C1)Oc1ccc(Br)cc1. The molecule has 1 unspecified atom stereocenters. The van der Waals surface area contributed by atoms with Crippen LogP contribution >= 0.6 is 23.7 Å². The first-order valence-electron chi connectivity index (χ1n) is 12.2. The summed E-state index contributed by atoms with van der Waals surface area (Å²) in [6, 6.07) is 6.26. The molecule has 2 aromatic heterocycles. The summed E-state index contributed by atoms with van der Waals surface area (Å²) in [7, 11) is -2.68. The Kier molecular flexibility index (Phi) is 7.71. The van der Waals surface area contributed by atoms with Crippen LogP contribution in [0, 0.1) is 5.92 Å². The highest BCUT2D eigenvalue weighted by molar-refractivity contribution is 9.10. The summed E-state index contributed by atoms with van der Waals surface area (Å²) in [5, 5.41) is 6.04. The van der Waals surface area contributed by atoms with Crippen molar-refractivity contribution in [3.05, 3.63) is 47.2 Å². The van der Waals surface area contributed by atoms with E-state index in [2.05, 4.69) is 41.3 Å². The van der Waals surface area contributed by atoms with E-state index in [1.54, 1.807) is 30.6 Å². The van der Waals surface area contributed by atoms with Crippen molar-refractivity contribution in [1.29, 1.82) is 0 Å². The molecular weight excluding hydrogens is 577 g/mol. The topological polar surface area (TPSA) is 156 Å². The molecule has 1 saturated carbocycles. The van der Waals surface area contributed by atoms with Crippen molar-refractivity contribution in [2.45, 2.75) is 44.3 Å². The Labute approximate surface area is 228 Å². The number of carbonyl (C=O) groups is 1. The number of hydrogen-bond acceptors (Lipinski definition) is 10. The predicted octanol–water partition coefficient (Wildman–Crippen LogP) is 4.22. The molecule has 5 rings (SSSR count). The van der Waals surface area contributed by atoms with Crippen molar-refractivity contribution in [3.8, 4) is 5.75 Å². The maximum atomic E-state index is 13.7. The van der Waals surface area contributed by atoms with Crippen molar-refractivity contribution >= 4 is 52.6 Å². The summed E-state index contributed by atoms with van der Waals surface area (Å²) in [5.74, 6) is 0.503. The molecule has 4 atom stereocenters. The number of anilines is 2. The van der Waals surface area contributed by atoms with E-state index in [-0.39, 0.29) is 24.5 Å². The van der Waals surface area contributed by atoms with Gasteiger partial charge >= 0.3 is 13.7 Å². The van der Waals surface area contributed by atoms with Crippen molar-refractivity contribution in [2.75, 3.05) is 24.8 Å². The van der Waals surface area contributed by atoms with E-state index in [0.29, 0.717) is 35.2 Å². The number of carbonyl (C=O) groups excluding carboxylic acids is 1. The number of imidazole rings is 1. The maximum absolute atomic E-state index is 13.7. The lowest BCUT2D eigenvalue weighted by Crippen LogP contribution is -2.34. The van der Waals surface area contributed by atoms with Gasteiger partial charge in [-0.2, -0.15) is 15.1 Å². The Bertz CT molecular complexity index is 1390. The third kappa shape index (κ3) is 6.17. The highest BCUT2D eigenvalue weighted by Crippen LogP contribution is 2.46. The third-order valence-electron chi connectivity index (χ3n) is 6.27. The second-order valence-corrected chi connectivity index (χ2v) is 11.9. The van der Waals surface area contributed by atoms with Crippen molar-refractivity contribution < 1.29 is 23.1 Å². The van der Waals surface area contributed by atoms with Gasteiger partial charge in [-0.25, -0.2) is 9.55 Å². The van der Waals surface area contributed by atoms with Gasteiger partial charge in [0, 0.05) is 16.4 Å². The smallest absolute Gasteiger partial charge is 0.459 e. The van der Waals surface area contributed by atoms with Crippen LogP contribution in [0.2, 0.25) is 0 Å². The van der Waals surface area contributed by atoms with Crippen molar-refractivity contribution in [2.24, 2.45) is 5.92 Å². The molecule has 2 aliphatic carbocycles. The Hall–Kier alpha value is -2.99. The van der Waals surface area contributed by atoms with Crippen LogP contribution in [-0.2, 0) is 18.6 Å². The first kappa shape index (κ1) is 26.6. The van der Waals surface area contributed by atoms with Gasteiger partial charge in [-0.3, -0.25) is 9.32 Å². The second-order valence-electron chi connectivity index (χ2n) is 9.33. The van der Waals surface area contributed by atoms with Gasteiger partial charge in [-0.05, 0) is 50.5 Å². The number of halogens is 1. The Morgan fingerprint density at radius 2 is 2.03 bits per heavy atom. The van der Waals surface area contributed by atoms with Gasteiger partial charge in [0.05, 0.1) is 26.1 Å². The number of fused-ring (bicyclic) bond motifs is 1. The molecule has 1 fully saturated rings. The molecular formula is C24H29BrN7O5P. The number of allylic oxidation sites excluding steroid dienone is 1. The highest BCUT2D eigenvalue weighted by Gasteiger charge is 2.34. The zero-order valence-corrected chi connectivity index (χ0v) is 23.4. The van der Waals surface area contributed by atoms with E-state index in [1.165, 1.54) is 14.0 Å². The van der Waals surface area contributed by atoms with E-state index < -0.39 is 19.8 Å². The fourth-order valence-corrected chi connectivity index (χ4v) is 5.98. The van der Waals surface area contributed by atoms with Crippen molar-refractivity contribution in [3.63, 3.8) is 0 Å². The highest BCUT2D eigenvalue weighted by atomic mass is 79.9. The van der Waals surface area contributed by atoms with Crippen LogP contribution in [0.15, 0.2) is 47.2 Å². The van der Waals surface area contributed by atoms with Gasteiger partial charge in [-0.15, -0.1) is 0 Å². The van der Waals surface area contributed by atoms with Gasteiger partial charge in [0.2, 0.25) is 5.95 Å². The van der Waals surface area contributed by atoms with Gasteiger partial charge in [0.25, 0.3) is 0 Å². The fourth-order valence-electron chi connectivity index (χ4n) is 4.17. The molecule has 0 aliphatic heterocycles. The van der Waals surface area contributed by atoms with Crippen LogP contribution < -0.4 is 20.7 Å². The normalized spacial score (nSPS) is 21.2. The van der Waals surface area contributed by atoms with Crippen LogP contribution in [0.3, 0.4) is 0 Å². The molecule has 4 N–H and O–H groups in total. The second kappa shape index (κ2) is 11.0. The largest absolute Gasteiger partial charge is 0.468 e. The molecule has 1 aromatic carbocycles. The first-order valence-corrected chi connectivity index (χ1v) is 14.6. The number of nitrogens with zero attached hydrogens (tertiary/aromatic N) is 4. The number of aromatic nitrogens is 4. The molecule has 12 nitrogen and oxygen atoms in total. The quantitative estimate of drug-likeness (QED) is 0.163. The summed E-state index contributed by atoms with van der Waals surface area (Å²) in [5.41, 5.74) is 7.31. The lowest BCUT2D eigenvalue weighted by molar-refractivity contribution is -0.142. The maximum Gasteiger partial charge on any atom is 0.459 e. The van der Waals surface area contributed by atoms with Gasteiger partial charge in [0.15, 0.2) is 17.0 Å². The number of esters is 1. The number of ether oxygens (including phenoxy) is 1. The van der Waals surface area contributed by atoms with E-state index >= 15 is 0 Å². The molecule has 14 heteroatoms. The number of nitrogens with two attached hydrogens (primary N) is 1. The van der Waals surface area contributed by atoms with Crippen LogP contribution in [0.25, 0.3) is 11.2 Å². The molecule has 0 radical (unpaired) electrons. The number of methoxy groups -OCH3 is 1. The van der Waals surface area contributed by atoms with Gasteiger partial charge in [-0.1, -0.05) is 28.1 Å². The fraction of sp³-hybridized carbons (Fsp3) is 0.417. The lowest BCUT2D eigenvalue weighted by Gasteiger charge is -2.24. The third-order valence-corrected chi connectivity index (χ3v) is 8.44. The summed E-state index contributed by atoms with van der Waals surface area (Å²) in [6.45, 7) is 1.63. The monoisotopic (exact) mass is 605 g/mol. The Morgan fingerprint density at radius 1 is 1.26 bits per heavy atom. The zero-order valence-electron chi connectivity index (χ0n) is 20.9. The summed E-state index contributed by atoms with van der Waals surface area (Å²) >= 11 is 3.36. The minimum Gasteiger partial charge on any atom is -0.468 e. The molecule has 3 aromatic rings. The molecule has 2 aliphatic rings. The minimum absolute atomic E-state index is 0.0506. The van der Waals surface area contributed by atoms with Crippen LogP contribution in [0.5, 0.6) is 5.75 Å². The minimum atomic E-state index is -3.94. The molecule has 2 heterocycles. The average Bonchev–Trinajstić information content (AvgIpc) is 3.40. The summed E-state index contributed by atoms with van der Waals surface area (Å²) in [4.78, 5) is 25.3. The van der Waals surface area contributed by atoms with Gasteiger partial charge in [0.1, 0.15) is 11.8 Å². The molecule has 0 spiro atoms. The number of rotatable bonds is 11. The Morgan fingerprint density at radius 3 is 2.74 bits per heavy atom. The van der Waals surface area contributed by atoms with E-state index in [9.17, 15) is 9.36 Å². The summed E-state index contributed by atoms with van der Waals surface area (Å²) in [6.07, 6.45) is 8.62. The number of nitrogen functional groups attached to an aromatic ring is 1. The number of hydrogen-bond donors (Lipinski definition) is 3. The van der Waals surface area contributed by atoms with Crippen LogP contribution in [0.1, 0.15) is 32.2 Å². The Balaban J connectivity index is 1.28.